The first kappa shape index (κ1) is 47.3. The van der Waals surface area contributed by atoms with Gasteiger partial charge in [0.2, 0.25) is 0 Å². The minimum Gasteiger partial charge on any atom is -0.462 e. The van der Waals surface area contributed by atoms with Gasteiger partial charge in [-0.1, -0.05) is 123 Å². The molecule has 0 radical (unpaired) electrons. The summed E-state index contributed by atoms with van der Waals surface area (Å²) < 4.78 is 16.9. The Kier molecular flexibility index (Phi) is 30.0. The van der Waals surface area contributed by atoms with Gasteiger partial charge in [0.15, 0.2) is 0 Å². The second-order valence-corrected chi connectivity index (χ2v) is 15.2. The highest BCUT2D eigenvalue weighted by atomic mass is 16.6. The van der Waals surface area contributed by atoms with E-state index in [1.807, 2.05) is 25.7 Å². The minimum atomic E-state index is -0.690. The predicted molar refractivity (Wildman–Crippen MR) is 200 cm³/mol. The third-order valence-electron chi connectivity index (χ3n) is 8.63. The fourth-order valence-electron chi connectivity index (χ4n) is 5.90. The normalized spacial score (nSPS) is 13.7. The highest BCUT2D eigenvalue weighted by Crippen LogP contribution is 2.15. The van der Waals surface area contributed by atoms with E-state index in [4.69, 9.17) is 19.9 Å². The van der Waals surface area contributed by atoms with Crippen molar-refractivity contribution in [3.8, 4) is 0 Å². The Hall–Kier alpha value is -1.71. The Balaban J connectivity index is 4.93. The minimum absolute atomic E-state index is 0.000407. The van der Waals surface area contributed by atoms with E-state index in [0.29, 0.717) is 45.3 Å². The maximum Gasteiger partial charge on any atom is 0.323 e. The molecule has 0 spiro atoms. The van der Waals surface area contributed by atoms with Crippen LogP contribution >= 0.6 is 0 Å². The Morgan fingerprint density at radius 1 is 0.673 bits per heavy atom. The number of ether oxygens (including phenoxy) is 3. The second-order valence-electron chi connectivity index (χ2n) is 15.2. The molecular formula is C40H78N2O7. The summed E-state index contributed by atoms with van der Waals surface area (Å²) in [6.07, 6.45) is 22.5. The van der Waals surface area contributed by atoms with Crippen LogP contribution < -0.4 is 5.73 Å². The molecule has 49 heavy (non-hydrogen) atoms. The number of hydrogen-bond acceptors (Lipinski definition) is 9. The molecule has 0 heterocycles. The van der Waals surface area contributed by atoms with Gasteiger partial charge in [0.05, 0.1) is 6.10 Å². The van der Waals surface area contributed by atoms with Crippen LogP contribution in [0.3, 0.4) is 0 Å². The van der Waals surface area contributed by atoms with Gasteiger partial charge in [0.1, 0.15) is 24.4 Å². The lowest BCUT2D eigenvalue weighted by Crippen LogP contribution is -2.42. The molecule has 0 aliphatic heterocycles. The fourth-order valence-corrected chi connectivity index (χ4v) is 5.90. The number of nitrogens with two attached hydrogens (primary N) is 1. The molecule has 0 aromatic rings. The summed E-state index contributed by atoms with van der Waals surface area (Å²) in [4.78, 5) is 39.8. The number of carbonyl (C=O) groups excluding carboxylic acids is 3. The average molecular weight is 699 g/mol. The molecule has 0 aliphatic rings. The number of unbranched alkanes of at least 4 members (excludes halogenated alkanes) is 17. The zero-order chi connectivity index (χ0) is 36.8. The molecule has 0 aliphatic carbocycles. The van der Waals surface area contributed by atoms with Crippen LogP contribution in [0, 0.1) is 0 Å². The molecule has 3 unspecified atom stereocenters. The summed E-state index contributed by atoms with van der Waals surface area (Å²) in [5.74, 6) is -0.944. The summed E-state index contributed by atoms with van der Waals surface area (Å²) in [5, 5.41) is 10.2. The third kappa shape index (κ3) is 32.0. The topological polar surface area (TPSA) is 128 Å². The smallest absolute Gasteiger partial charge is 0.323 e. The largest absolute Gasteiger partial charge is 0.462 e. The van der Waals surface area contributed by atoms with E-state index in [2.05, 4.69) is 13.8 Å². The van der Waals surface area contributed by atoms with Crippen molar-refractivity contribution >= 4 is 17.9 Å². The maximum atomic E-state index is 12.9. The van der Waals surface area contributed by atoms with E-state index < -0.39 is 29.8 Å². The molecule has 9 nitrogen and oxygen atoms in total. The molecule has 0 saturated heterocycles. The highest BCUT2D eigenvalue weighted by Gasteiger charge is 2.23. The predicted octanol–water partition coefficient (Wildman–Crippen LogP) is 8.81. The molecule has 9 heteroatoms. The molecule has 0 rings (SSSR count). The Labute approximate surface area is 301 Å². The number of aliphatic hydroxyl groups is 1. The van der Waals surface area contributed by atoms with Crippen LogP contribution in [0.4, 0.5) is 0 Å². The van der Waals surface area contributed by atoms with Crippen LogP contribution in [0.1, 0.15) is 189 Å². The lowest BCUT2D eigenvalue weighted by molar-refractivity contribution is -0.160. The SMILES string of the molecule is CCCCCCCCCCCC(=O)OCC(CN(CCCCC(N)C(=O)OC(C)(C)C)CC(C)O)OC(=O)CCCCCCCCCCC. The van der Waals surface area contributed by atoms with Crippen LogP contribution in [0.15, 0.2) is 0 Å². The van der Waals surface area contributed by atoms with Crippen LogP contribution in [0.25, 0.3) is 0 Å². The number of rotatable bonds is 33. The lowest BCUT2D eigenvalue weighted by atomic mass is 10.1. The van der Waals surface area contributed by atoms with Gasteiger partial charge >= 0.3 is 17.9 Å². The summed E-state index contributed by atoms with van der Waals surface area (Å²) >= 11 is 0. The number of nitrogens with zero attached hydrogens (tertiary/aromatic N) is 1. The molecule has 3 N–H and O–H groups in total. The van der Waals surface area contributed by atoms with Crippen molar-refractivity contribution in [3.05, 3.63) is 0 Å². The number of carbonyl (C=O) groups is 3. The van der Waals surface area contributed by atoms with Gasteiger partial charge < -0.3 is 25.1 Å². The van der Waals surface area contributed by atoms with Gasteiger partial charge in [-0.05, 0) is 59.9 Å². The molecule has 3 atom stereocenters. The molecule has 0 amide bonds. The summed E-state index contributed by atoms with van der Waals surface area (Å²) in [6.45, 7) is 13.0. The Morgan fingerprint density at radius 3 is 1.61 bits per heavy atom. The first-order valence-electron chi connectivity index (χ1n) is 20.1. The van der Waals surface area contributed by atoms with Crippen LogP contribution in [-0.4, -0.2) is 78.0 Å². The van der Waals surface area contributed by atoms with Crippen LogP contribution in [0.2, 0.25) is 0 Å². The first-order valence-corrected chi connectivity index (χ1v) is 20.1. The van der Waals surface area contributed by atoms with Gasteiger partial charge in [-0.2, -0.15) is 0 Å². The quantitative estimate of drug-likeness (QED) is 0.0393. The molecule has 0 bridgehead atoms. The van der Waals surface area contributed by atoms with Crippen molar-refractivity contribution in [2.45, 2.75) is 213 Å². The van der Waals surface area contributed by atoms with Crippen molar-refractivity contribution in [3.63, 3.8) is 0 Å². The zero-order valence-corrected chi connectivity index (χ0v) is 32.7. The Morgan fingerprint density at radius 2 is 1.14 bits per heavy atom. The van der Waals surface area contributed by atoms with Crippen LogP contribution in [-0.2, 0) is 28.6 Å². The van der Waals surface area contributed by atoms with Gasteiger partial charge in [-0.25, -0.2) is 0 Å². The second kappa shape index (κ2) is 31.1. The van der Waals surface area contributed by atoms with E-state index in [0.717, 1.165) is 44.9 Å². The third-order valence-corrected chi connectivity index (χ3v) is 8.63. The van der Waals surface area contributed by atoms with E-state index in [9.17, 15) is 19.5 Å². The van der Waals surface area contributed by atoms with Crippen LogP contribution in [0.5, 0.6) is 0 Å². The molecule has 0 fully saturated rings. The van der Waals surface area contributed by atoms with Gasteiger partial charge in [-0.3, -0.25) is 19.3 Å². The van der Waals surface area contributed by atoms with E-state index in [-0.39, 0.29) is 18.5 Å². The van der Waals surface area contributed by atoms with Crippen molar-refractivity contribution in [1.82, 2.24) is 4.90 Å². The van der Waals surface area contributed by atoms with E-state index in [1.54, 1.807) is 6.92 Å². The molecule has 0 aromatic carbocycles. The maximum absolute atomic E-state index is 12.9. The van der Waals surface area contributed by atoms with Crippen molar-refractivity contribution < 1.29 is 33.7 Å². The summed E-state index contributed by atoms with van der Waals surface area (Å²) in [6, 6.07) is -0.690. The van der Waals surface area contributed by atoms with E-state index >= 15 is 0 Å². The van der Waals surface area contributed by atoms with Crippen molar-refractivity contribution in [1.29, 1.82) is 0 Å². The average Bonchev–Trinajstić information content (AvgIpc) is 3.02. The molecule has 0 saturated carbocycles. The summed E-state index contributed by atoms with van der Waals surface area (Å²) in [7, 11) is 0. The van der Waals surface area contributed by atoms with E-state index in [1.165, 1.54) is 77.0 Å². The molecule has 0 aromatic heterocycles. The first-order chi connectivity index (χ1) is 23.4. The lowest BCUT2D eigenvalue weighted by Gasteiger charge is -2.28. The zero-order valence-electron chi connectivity index (χ0n) is 32.7. The number of aliphatic hydroxyl groups excluding tert-OH is 1. The van der Waals surface area contributed by atoms with Gasteiger partial charge in [0, 0.05) is 25.9 Å². The molecule has 290 valence electrons. The monoisotopic (exact) mass is 699 g/mol. The standard InChI is InChI=1S/C40H78N2O7/c1-7-9-11-13-15-17-19-21-23-28-37(44)47-33-35(48-38(45)29-24-22-20-18-16-14-12-10-8-2)32-42(31-34(3)43)30-26-25-27-36(41)39(46)49-40(4,5)6/h34-36,43H,7-33,41H2,1-6H3. The highest BCUT2D eigenvalue weighted by molar-refractivity contribution is 5.75. The molecular weight excluding hydrogens is 620 g/mol. The number of hydrogen-bond donors (Lipinski definition) is 2. The van der Waals surface area contributed by atoms with Gasteiger partial charge in [-0.15, -0.1) is 0 Å². The van der Waals surface area contributed by atoms with Gasteiger partial charge in [0.25, 0.3) is 0 Å². The fraction of sp³-hybridized carbons (Fsp3) is 0.925. The Bertz CT molecular complexity index is 815. The number of esters is 3. The summed E-state index contributed by atoms with van der Waals surface area (Å²) in [5.41, 5.74) is 5.48. The van der Waals surface area contributed by atoms with Crippen molar-refractivity contribution in [2.75, 3.05) is 26.2 Å². The van der Waals surface area contributed by atoms with Crippen molar-refractivity contribution in [2.24, 2.45) is 5.73 Å².